The Kier molecular flexibility index (Phi) is 6.78. The van der Waals surface area contributed by atoms with Gasteiger partial charge in [-0.15, -0.1) is 0 Å². The molecule has 1 N–H and O–H groups in total. The monoisotopic (exact) mass is 355 g/mol. The number of nitrogens with one attached hydrogen (secondary N) is 1. The predicted octanol–water partition coefficient (Wildman–Crippen LogP) is 3.87. The minimum Gasteiger partial charge on any atom is -0.493 e. The Morgan fingerprint density at radius 3 is 2.31 bits per heavy atom. The highest BCUT2D eigenvalue weighted by molar-refractivity contribution is 5.93. The fourth-order valence-corrected chi connectivity index (χ4v) is 2.38. The second-order valence-corrected chi connectivity index (χ2v) is 6.39. The summed E-state index contributed by atoms with van der Waals surface area (Å²) in [6, 6.07) is 11.7. The van der Waals surface area contributed by atoms with Crippen molar-refractivity contribution in [3.05, 3.63) is 58.7 Å². The van der Waals surface area contributed by atoms with Gasteiger partial charge in [-0.25, -0.2) is 0 Å². The average molecular weight is 355 g/mol. The van der Waals surface area contributed by atoms with Crippen molar-refractivity contribution in [2.24, 2.45) is 0 Å². The number of esters is 1. The molecular formula is C21H25NO4. The number of carbonyl (C=O) groups excluding carboxylic acids is 2. The van der Waals surface area contributed by atoms with Gasteiger partial charge in [0.05, 0.1) is 13.0 Å². The van der Waals surface area contributed by atoms with Crippen LogP contribution in [0.1, 0.15) is 28.7 Å². The van der Waals surface area contributed by atoms with E-state index in [0.29, 0.717) is 0 Å². The molecule has 0 saturated heterocycles. The van der Waals surface area contributed by atoms with Gasteiger partial charge in [-0.1, -0.05) is 24.3 Å². The Morgan fingerprint density at radius 1 is 0.923 bits per heavy atom. The highest BCUT2D eigenvalue weighted by atomic mass is 16.5. The summed E-state index contributed by atoms with van der Waals surface area (Å²) in [5.41, 5.74) is 4.83. The first-order valence-electron chi connectivity index (χ1n) is 8.58. The summed E-state index contributed by atoms with van der Waals surface area (Å²) >= 11 is 0. The van der Waals surface area contributed by atoms with Crippen molar-refractivity contribution in [1.82, 2.24) is 0 Å². The van der Waals surface area contributed by atoms with Crippen molar-refractivity contribution in [2.75, 3.05) is 18.5 Å². The zero-order chi connectivity index (χ0) is 19.1. The molecular weight excluding hydrogens is 330 g/mol. The fraction of sp³-hybridized carbons (Fsp3) is 0.333. The van der Waals surface area contributed by atoms with Crippen LogP contribution in [0.3, 0.4) is 0 Å². The van der Waals surface area contributed by atoms with E-state index in [4.69, 9.17) is 9.47 Å². The van der Waals surface area contributed by atoms with E-state index in [1.54, 1.807) is 0 Å². The number of anilines is 1. The highest BCUT2D eigenvalue weighted by Gasteiger charge is 2.10. The van der Waals surface area contributed by atoms with E-state index < -0.39 is 5.97 Å². The Morgan fingerprint density at radius 2 is 1.58 bits per heavy atom. The molecule has 2 aromatic carbocycles. The van der Waals surface area contributed by atoms with Crippen molar-refractivity contribution in [3.8, 4) is 5.75 Å². The van der Waals surface area contributed by atoms with Gasteiger partial charge in [-0.05, 0) is 62.1 Å². The number of hydrogen-bond donors (Lipinski definition) is 1. The van der Waals surface area contributed by atoms with Crippen molar-refractivity contribution >= 4 is 17.6 Å². The fourth-order valence-electron chi connectivity index (χ4n) is 2.38. The summed E-state index contributed by atoms with van der Waals surface area (Å²) in [6.45, 7) is 7.69. The molecule has 5 nitrogen and oxygen atoms in total. The van der Waals surface area contributed by atoms with Crippen LogP contribution >= 0.6 is 0 Å². The molecule has 138 valence electrons. The smallest absolute Gasteiger partial charge is 0.309 e. The minimum atomic E-state index is -0.466. The highest BCUT2D eigenvalue weighted by Crippen LogP contribution is 2.19. The van der Waals surface area contributed by atoms with E-state index in [9.17, 15) is 9.59 Å². The molecule has 0 heterocycles. The topological polar surface area (TPSA) is 64.6 Å². The van der Waals surface area contributed by atoms with Crippen LogP contribution in [0, 0.1) is 27.7 Å². The molecule has 0 bridgehead atoms. The molecule has 0 unspecified atom stereocenters. The molecule has 1 amide bonds. The molecule has 2 rings (SSSR count). The molecule has 0 spiro atoms. The molecule has 0 aliphatic carbocycles. The molecule has 0 aromatic heterocycles. The zero-order valence-electron chi connectivity index (χ0n) is 15.7. The van der Waals surface area contributed by atoms with E-state index in [-0.39, 0.29) is 25.5 Å². The SMILES string of the molecule is Cc1ccc(C)c(NC(=O)COC(=O)CCOc2cc(C)ccc2C)c1. The predicted molar refractivity (Wildman–Crippen MR) is 102 cm³/mol. The normalized spacial score (nSPS) is 10.3. The lowest BCUT2D eigenvalue weighted by atomic mass is 10.1. The maximum Gasteiger partial charge on any atom is 0.309 e. The second kappa shape index (κ2) is 9.04. The first-order chi connectivity index (χ1) is 12.3. The summed E-state index contributed by atoms with van der Waals surface area (Å²) in [4.78, 5) is 23.7. The van der Waals surface area contributed by atoms with Crippen LogP contribution < -0.4 is 10.1 Å². The summed E-state index contributed by atoms with van der Waals surface area (Å²) in [5.74, 6) is -0.0700. The number of hydrogen-bond acceptors (Lipinski definition) is 4. The summed E-state index contributed by atoms with van der Waals surface area (Å²) in [5, 5.41) is 2.75. The number of ether oxygens (including phenoxy) is 2. The van der Waals surface area contributed by atoms with Crippen molar-refractivity contribution < 1.29 is 19.1 Å². The number of benzene rings is 2. The van der Waals surface area contributed by atoms with Gasteiger partial charge in [0.25, 0.3) is 5.91 Å². The van der Waals surface area contributed by atoms with Crippen molar-refractivity contribution in [2.45, 2.75) is 34.1 Å². The number of aryl methyl sites for hydroxylation is 4. The van der Waals surface area contributed by atoms with Gasteiger partial charge in [0, 0.05) is 5.69 Å². The van der Waals surface area contributed by atoms with Gasteiger partial charge in [0.2, 0.25) is 0 Å². The third-order valence-electron chi connectivity index (χ3n) is 3.94. The zero-order valence-corrected chi connectivity index (χ0v) is 15.7. The van der Waals surface area contributed by atoms with E-state index >= 15 is 0 Å². The van der Waals surface area contributed by atoms with Gasteiger partial charge in [-0.2, -0.15) is 0 Å². The Balaban J connectivity index is 1.73. The van der Waals surface area contributed by atoms with E-state index in [0.717, 1.165) is 33.7 Å². The van der Waals surface area contributed by atoms with Crippen LogP contribution in [0.25, 0.3) is 0 Å². The van der Waals surface area contributed by atoms with Crippen LogP contribution in [0.15, 0.2) is 36.4 Å². The molecule has 2 aromatic rings. The lowest BCUT2D eigenvalue weighted by Crippen LogP contribution is -2.22. The van der Waals surface area contributed by atoms with Crippen molar-refractivity contribution in [3.63, 3.8) is 0 Å². The molecule has 0 aliphatic heterocycles. The number of amides is 1. The average Bonchev–Trinajstić information content (AvgIpc) is 2.59. The maximum absolute atomic E-state index is 11.9. The van der Waals surface area contributed by atoms with Crippen LogP contribution in [0.4, 0.5) is 5.69 Å². The van der Waals surface area contributed by atoms with Crippen LogP contribution in [0.5, 0.6) is 5.75 Å². The van der Waals surface area contributed by atoms with E-state index in [1.165, 1.54) is 0 Å². The van der Waals surface area contributed by atoms with E-state index in [2.05, 4.69) is 5.32 Å². The Bertz CT molecular complexity index is 799. The molecule has 5 heteroatoms. The van der Waals surface area contributed by atoms with Gasteiger partial charge in [0.15, 0.2) is 6.61 Å². The molecule has 0 fully saturated rings. The molecule has 0 radical (unpaired) electrons. The molecule has 0 atom stereocenters. The molecule has 0 aliphatic rings. The van der Waals surface area contributed by atoms with Crippen LogP contribution in [-0.2, 0) is 14.3 Å². The van der Waals surface area contributed by atoms with Gasteiger partial charge in [0.1, 0.15) is 5.75 Å². The largest absolute Gasteiger partial charge is 0.493 e. The summed E-state index contributed by atoms with van der Waals surface area (Å²) in [6.07, 6.45) is 0.0874. The van der Waals surface area contributed by atoms with Crippen LogP contribution in [0.2, 0.25) is 0 Å². The lowest BCUT2D eigenvalue weighted by Gasteiger charge is -2.11. The Labute approximate surface area is 154 Å². The lowest BCUT2D eigenvalue weighted by molar-refractivity contribution is -0.147. The number of carbonyl (C=O) groups is 2. The standard InChI is InChI=1S/C21H25NO4/c1-14-5-7-16(3)18(11-14)22-20(23)13-26-21(24)9-10-25-19-12-15(2)6-8-17(19)4/h5-8,11-12H,9-10,13H2,1-4H3,(H,22,23). The van der Waals surface area contributed by atoms with Crippen LogP contribution in [-0.4, -0.2) is 25.1 Å². The molecule has 26 heavy (non-hydrogen) atoms. The first-order valence-corrected chi connectivity index (χ1v) is 8.58. The Hall–Kier alpha value is -2.82. The first kappa shape index (κ1) is 19.5. The van der Waals surface area contributed by atoms with Gasteiger partial charge in [-0.3, -0.25) is 9.59 Å². The molecule has 0 saturated carbocycles. The quantitative estimate of drug-likeness (QED) is 0.766. The van der Waals surface area contributed by atoms with Gasteiger partial charge >= 0.3 is 5.97 Å². The third-order valence-corrected chi connectivity index (χ3v) is 3.94. The van der Waals surface area contributed by atoms with Gasteiger partial charge < -0.3 is 14.8 Å². The summed E-state index contributed by atoms with van der Waals surface area (Å²) < 4.78 is 10.6. The number of rotatable bonds is 7. The van der Waals surface area contributed by atoms with Crippen molar-refractivity contribution in [1.29, 1.82) is 0 Å². The minimum absolute atomic E-state index is 0.0874. The summed E-state index contributed by atoms with van der Waals surface area (Å²) in [7, 11) is 0. The maximum atomic E-state index is 11.9. The third kappa shape index (κ3) is 5.92. The van der Waals surface area contributed by atoms with E-state index in [1.807, 2.05) is 64.1 Å². The second-order valence-electron chi connectivity index (χ2n) is 6.39.